The molecule has 88 valence electrons. The number of aromatic amines is 1. The maximum atomic E-state index is 11.1. The van der Waals surface area contributed by atoms with Crippen molar-refractivity contribution in [2.45, 2.75) is 6.42 Å². The molecule has 0 radical (unpaired) electrons. The average Bonchev–Trinajstić information content (AvgIpc) is 2.59. The van der Waals surface area contributed by atoms with Crippen LogP contribution in [0.2, 0.25) is 0 Å². The Balaban J connectivity index is 2.45. The molecule has 1 aromatic heterocycles. The van der Waals surface area contributed by atoms with Gasteiger partial charge in [-0.15, -0.1) is 0 Å². The minimum absolute atomic E-state index is 0.168. The van der Waals surface area contributed by atoms with Gasteiger partial charge in [0.2, 0.25) is 0 Å². The van der Waals surface area contributed by atoms with E-state index in [2.05, 4.69) is 4.98 Å². The van der Waals surface area contributed by atoms with Gasteiger partial charge in [-0.3, -0.25) is 0 Å². The third-order valence-electron chi connectivity index (χ3n) is 2.66. The highest BCUT2D eigenvalue weighted by Gasteiger charge is 2.15. The lowest BCUT2D eigenvalue weighted by Gasteiger charge is -2.04. The maximum absolute atomic E-state index is 11.1. The van der Waals surface area contributed by atoms with E-state index in [1.54, 1.807) is 11.6 Å². The lowest BCUT2D eigenvalue weighted by Crippen LogP contribution is -2.05. The second kappa shape index (κ2) is 4.55. The Morgan fingerprint density at radius 2 is 2.06 bits per heavy atom. The molecule has 0 atom stereocenters. The maximum Gasteiger partial charge on any atom is 0.354 e. The van der Waals surface area contributed by atoms with E-state index in [0.717, 1.165) is 5.56 Å². The molecule has 2 N–H and O–H groups in total. The fourth-order valence-corrected chi connectivity index (χ4v) is 1.94. The van der Waals surface area contributed by atoms with Crippen molar-refractivity contribution in [2.24, 2.45) is 7.05 Å². The molecule has 1 heterocycles. The van der Waals surface area contributed by atoms with Gasteiger partial charge in [-0.05, 0) is 17.8 Å². The van der Waals surface area contributed by atoms with E-state index in [1.807, 2.05) is 30.3 Å². The Kier molecular flexibility index (Phi) is 3.10. The number of carboxylic acids is 1. The summed E-state index contributed by atoms with van der Waals surface area (Å²) in [5.41, 5.74) is 1.91. The number of carboxylic acid groups (broad SMARTS) is 1. The second-order valence-corrected chi connectivity index (χ2v) is 4.17. The Hall–Kier alpha value is -1.88. The Labute approximate surface area is 104 Å². The van der Waals surface area contributed by atoms with Crippen LogP contribution in [0.5, 0.6) is 0 Å². The second-order valence-electron chi connectivity index (χ2n) is 3.78. The zero-order valence-electron chi connectivity index (χ0n) is 9.30. The van der Waals surface area contributed by atoms with Gasteiger partial charge >= 0.3 is 5.97 Å². The van der Waals surface area contributed by atoms with Gasteiger partial charge in [0.1, 0.15) is 5.69 Å². The number of rotatable bonds is 3. The number of benzene rings is 1. The van der Waals surface area contributed by atoms with Crippen molar-refractivity contribution in [3.8, 4) is 0 Å². The molecule has 0 saturated heterocycles. The molecule has 17 heavy (non-hydrogen) atoms. The molecule has 2 aromatic rings. The van der Waals surface area contributed by atoms with Crippen molar-refractivity contribution in [1.29, 1.82) is 0 Å². The molecule has 0 aliphatic rings. The summed E-state index contributed by atoms with van der Waals surface area (Å²) in [7, 11) is 1.77. The summed E-state index contributed by atoms with van der Waals surface area (Å²) in [4.78, 5) is 13.8. The highest BCUT2D eigenvalue weighted by molar-refractivity contribution is 7.71. The monoisotopic (exact) mass is 248 g/mol. The largest absolute Gasteiger partial charge is 0.477 e. The van der Waals surface area contributed by atoms with Crippen molar-refractivity contribution >= 4 is 18.2 Å². The number of hydrogen-bond donors (Lipinski definition) is 2. The van der Waals surface area contributed by atoms with Crippen molar-refractivity contribution in [3.63, 3.8) is 0 Å². The van der Waals surface area contributed by atoms with Crippen molar-refractivity contribution in [1.82, 2.24) is 9.55 Å². The third-order valence-corrected chi connectivity index (χ3v) is 3.03. The van der Waals surface area contributed by atoms with Gasteiger partial charge in [-0.25, -0.2) is 4.79 Å². The fraction of sp³-hybridized carbons (Fsp3) is 0.167. The van der Waals surface area contributed by atoms with Crippen LogP contribution < -0.4 is 0 Å². The number of imidazole rings is 1. The van der Waals surface area contributed by atoms with Crippen LogP contribution in [0, 0.1) is 4.77 Å². The SMILES string of the molecule is Cn1c(Cc2ccccc2)c(C(=O)O)[nH]c1=S. The van der Waals surface area contributed by atoms with Crippen LogP contribution in [0.25, 0.3) is 0 Å². The number of hydrogen-bond acceptors (Lipinski definition) is 2. The first-order valence-corrected chi connectivity index (χ1v) is 5.55. The minimum Gasteiger partial charge on any atom is -0.477 e. The predicted octanol–water partition coefficient (Wildman–Crippen LogP) is 2.37. The first-order valence-electron chi connectivity index (χ1n) is 5.14. The van der Waals surface area contributed by atoms with E-state index in [0.29, 0.717) is 16.9 Å². The molecule has 1 aromatic carbocycles. The summed E-state index contributed by atoms with van der Waals surface area (Å²) in [6.07, 6.45) is 0.548. The van der Waals surface area contributed by atoms with Crippen LogP contribution in [0.4, 0.5) is 0 Å². The van der Waals surface area contributed by atoms with Crippen LogP contribution in [0.3, 0.4) is 0 Å². The van der Waals surface area contributed by atoms with E-state index >= 15 is 0 Å². The first kappa shape index (κ1) is 11.6. The zero-order valence-corrected chi connectivity index (χ0v) is 10.1. The standard InChI is InChI=1S/C12H12N2O2S/c1-14-9(7-8-5-3-2-4-6-8)10(11(15)16)13-12(14)17/h2-6H,7H2,1H3,(H,13,17)(H,15,16). The number of nitrogens with zero attached hydrogens (tertiary/aromatic N) is 1. The average molecular weight is 248 g/mol. The number of H-pyrrole nitrogens is 1. The summed E-state index contributed by atoms with van der Waals surface area (Å²) >= 11 is 5.04. The lowest BCUT2D eigenvalue weighted by atomic mass is 10.1. The summed E-state index contributed by atoms with van der Waals surface area (Å²) in [6, 6.07) is 9.70. The molecule has 0 amide bonds. The lowest BCUT2D eigenvalue weighted by molar-refractivity contribution is 0.0689. The van der Waals surface area contributed by atoms with Crippen molar-refractivity contribution in [3.05, 3.63) is 52.1 Å². The molecule has 0 aliphatic heterocycles. The van der Waals surface area contributed by atoms with Crippen LogP contribution in [0.15, 0.2) is 30.3 Å². The summed E-state index contributed by atoms with van der Waals surface area (Å²) in [5, 5.41) is 9.09. The van der Waals surface area contributed by atoms with E-state index in [9.17, 15) is 4.79 Å². The normalized spacial score (nSPS) is 10.4. The van der Waals surface area contributed by atoms with Crippen molar-refractivity contribution in [2.75, 3.05) is 0 Å². The predicted molar refractivity (Wildman–Crippen MR) is 66.8 cm³/mol. The molecule has 0 unspecified atom stereocenters. The molecule has 2 rings (SSSR count). The molecular weight excluding hydrogens is 236 g/mol. The summed E-state index contributed by atoms with van der Waals surface area (Å²) in [6.45, 7) is 0. The van der Waals surface area contributed by atoms with E-state index in [1.165, 1.54) is 0 Å². The Morgan fingerprint density at radius 3 is 2.65 bits per heavy atom. The molecule has 0 bridgehead atoms. The zero-order chi connectivity index (χ0) is 12.4. The number of aromatic carboxylic acids is 1. The number of aromatic nitrogens is 2. The fourth-order valence-electron chi connectivity index (χ4n) is 1.73. The summed E-state index contributed by atoms with van der Waals surface area (Å²) < 4.78 is 2.12. The van der Waals surface area contributed by atoms with Gasteiger partial charge in [-0.1, -0.05) is 30.3 Å². The van der Waals surface area contributed by atoms with Crippen LogP contribution in [-0.2, 0) is 13.5 Å². The quantitative estimate of drug-likeness (QED) is 0.820. The third kappa shape index (κ3) is 2.29. The van der Waals surface area contributed by atoms with E-state index < -0.39 is 5.97 Å². The smallest absolute Gasteiger partial charge is 0.354 e. The van der Waals surface area contributed by atoms with Crippen LogP contribution in [0.1, 0.15) is 21.7 Å². The van der Waals surface area contributed by atoms with Gasteiger partial charge in [0.05, 0.1) is 5.69 Å². The molecule has 0 fully saturated rings. The van der Waals surface area contributed by atoms with Gasteiger partial charge in [0.25, 0.3) is 0 Å². The van der Waals surface area contributed by atoms with E-state index in [-0.39, 0.29) is 5.69 Å². The molecular formula is C12H12N2O2S. The molecule has 5 heteroatoms. The van der Waals surface area contributed by atoms with Gasteiger partial charge < -0.3 is 14.7 Å². The summed E-state index contributed by atoms with van der Waals surface area (Å²) in [5.74, 6) is -0.984. The van der Waals surface area contributed by atoms with Crippen LogP contribution in [-0.4, -0.2) is 20.6 Å². The Morgan fingerprint density at radius 1 is 1.41 bits per heavy atom. The molecule has 0 spiro atoms. The van der Waals surface area contributed by atoms with Gasteiger partial charge in [0.15, 0.2) is 4.77 Å². The molecule has 0 aliphatic carbocycles. The number of nitrogens with one attached hydrogen (secondary N) is 1. The van der Waals surface area contributed by atoms with Crippen LogP contribution >= 0.6 is 12.2 Å². The highest BCUT2D eigenvalue weighted by atomic mass is 32.1. The highest BCUT2D eigenvalue weighted by Crippen LogP contribution is 2.13. The Bertz CT molecular complexity index is 599. The molecule has 0 saturated carbocycles. The van der Waals surface area contributed by atoms with Crippen molar-refractivity contribution < 1.29 is 9.90 Å². The number of carbonyl (C=O) groups is 1. The molecule has 4 nitrogen and oxygen atoms in total. The topological polar surface area (TPSA) is 58.0 Å². The van der Waals surface area contributed by atoms with Gasteiger partial charge in [-0.2, -0.15) is 0 Å². The van der Waals surface area contributed by atoms with E-state index in [4.69, 9.17) is 17.3 Å². The van der Waals surface area contributed by atoms with Gasteiger partial charge in [0, 0.05) is 13.5 Å². The minimum atomic E-state index is -0.984. The first-order chi connectivity index (χ1) is 8.09.